The van der Waals surface area contributed by atoms with Crippen molar-refractivity contribution in [2.24, 2.45) is 5.41 Å². The van der Waals surface area contributed by atoms with Crippen molar-refractivity contribution < 1.29 is 9.90 Å². The first-order valence-corrected chi connectivity index (χ1v) is 9.52. The number of aliphatic hydroxyl groups excluding tert-OH is 1. The number of benzene rings is 1. The second kappa shape index (κ2) is 7.11. The van der Waals surface area contributed by atoms with E-state index >= 15 is 0 Å². The number of ketones is 1. The molecule has 0 aliphatic heterocycles. The van der Waals surface area contributed by atoms with E-state index in [0.717, 1.165) is 29.6 Å². The van der Waals surface area contributed by atoms with Gasteiger partial charge in [-0.1, -0.05) is 38.1 Å². The molecule has 1 unspecified atom stereocenters. The molecule has 0 bridgehead atoms. The Kier molecular flexibility index (Phi) is 5.07. The van der Waals surface area contributed by atoms with Gasteiger partial charge in [0.25, 0.3) is 0 Å². The fourth-order valence-electron chi connectivity index (χ4n) is 3.44. The molecule has 1 aliphatic carbocycles. The van der Waals surface area contributed by atoms with Crippen LogP contribution in [0.1, 0.15) is 39.2 Å². The van der Waals surface area contributed by atoms with Crippen molar-refractivity contribution in [1.29, 1.82) is 0 Å². The first-order valence-electron chi connectivity index (χ1n) is 8.64. The number of hydrogen-bond donors (Lipinski definition) is 1. The highest BCUT2D eigenvalue weighted by atomic mass is 32.1. The monoisotopic (exact) mass is 352 g/mol. The molecule has 1 N–H and O–H groups in total. The molecule has 3 heteroatoms. The molecule has 25 heavy (non-hydrogen) atoms. The molecule has 0 saturated heterocycles. The summed E-state index contributed by atoms with van der Waals surface area (Å²) in [7, 11) is 0. The topological polar surface area (TPSA) is 37.3 Å². The fourth-order valence-corrected chi connectivity index (χ4v) is 4.37. The van der Waals surface area contributed by atoms with Gasteiger partial charge in [0.2, 0.25) is 0 Å². The molecule has 0 fully saturated rings. The molecule has 2 nitrogen and oxygen atoms in total. The van der Waals surface area contributed by atoms with Crippen LogP contribution < -0.4 is 0 Å². The smallest absolute Gasteiger partial charge is 0.178 e. The number of carbonyl (C=O) groups excluding carboxylic acids is 1. The van der Waals surface area contributed by atoms with Gasteiger partial charge in [0.05, 0.1) is 6.10 Å². The van der Waals surface area contributed by atoms with Crippen molar-refractivity contribution in [1.82, 2.24) is 0 Å². The number of allylic oxidation sites excluding steroid dienone is 4. The van der Waals surface area contributed by atoms with Crippen LogP contribution in [0.2, 0.25) is 0 Å². The Morgan fingerprint density at radius 2 is 1.96 bits per heavy atom. The first kappa shape index (κ1) is 17.8. The van der Waals surface area contributed by atoms with Crippen LogP contribution in [0.15, 0.2) is 59.0 Å². The van der Waals surface area contributed by atoms with Crippen molar-refractivity contribution in [3.8, 4) is 0 Å². The van der Waals surface area contributed by atoms with Gasteiger partial charge in [0.1, 0.15) is 0 Å². The molecule has 1 atom stereocenters. The largest absolute Gasteiger partial charge is 0.389 e. The van der Waals surface area contributed by atoms with Crippen molar-refractivity contribution in [3.63, 3.8) is 0 Å². The lowest BCUT2D eigenvalue weighted by atomic mass is 9.71. The molecule has 0 radical (unpaired) electrons. The number of thiophene rings is 1. The molecule has 1 aliphatic rings. The Morgan fingerprint density at radius 3 is 2.76 bits per heavy atom. The van der Waals surface area contributed by atoms with Gasteiger partial charge in [0, 0.05) is 4.70 Å². The van der Waals surface area contributed by atoms with Crippen molar-refractivity contribution in [3.05, 3.63) is 64.6 Å². The number of hydrogen-bond acceptors (Lipinski definition) is 3. The van der Waals surface area contributed by atoms with Gasteiger partial charge < -0.3 is 5.11 Å². The molecule has 1 heterocycles. The van der Waals surface area contributed by atoms with Crippen molar-refractivity contribution in [2.45, 2.75) is 39.7 Å². The Balaban J connectivity index is 1.78. The van der Waals surface area contributed by atoms with Crippen LogP contribution in [0, 0.1) is 5.41 Å². The van der Waals surface area contributed by atoms with Crippen LogP contribution >= 0.6 is 11.3 Å². The SMILES string of the molecule is CC1=C(C=CC(=O)C=Cc2csc3ccccc23)C(C)(C)CCC1O. The Bertz CT molecular complexity index is 880. The third-order valence-corrected chi connectivity index (χ3v) is 6.03. The molecule has 0 spiro atoms. The van der Waals surface area contributed by atoms with Crippen molar-refractivity contribution in [2.75, 3.05) is 0 Å². The van der Waals surface area contributed by atoms with Crippen LogP contribution in [0.3, 0.4) is 0 Å². The van der Waals surface area contributed by atoms with Crippen LogP contribution in [0.5, 0.6) is 0 Å². The van der Waals surface area contributed by atoms with Gasteiger partial charge in [-0.3, -0.25) is 4.79 Å². The van der Waals surface area contributed by atoms with E-state index < -0.39 is 6.10 Å². The molecule has 1 aromatic heterocycles. The quantitative estimate of drug-likeness (QED) is 0.734. The molecule has 0 amide bonds. The van der Waals surface area contributed by atoms with Crippen LogP contribution in [0.4, 0.5) is 0 Å². The van der Waals surface area contributed by atoms with Crippen molar-refractivity contribution >= 4 is 33.3 Å². The minimum atomic E-state index is -0.393. The highest BCUT2D eigenvalue weighted by Crippen LogP contribution is 2.40. The summed E-state index contributed by atoms with van der Waals surface area (Å²) in [5.41, 5.74) is 3.13. The molecule has 130 valence electrons. The lowest BCUT2D eigenvalue weighted by molar-refractivity contribution is -0.110. The highest BCUT2D eigenvalue weighted by Gasteiger charge is 2.30. The lowest BCUT2D eigenvalue weighted by Crippen LogP contribution is -2.27. The second-order valence-electron chi connectivity index (χ2n) is 7.29. The number of aliphatic hydroxyl groups is 1. The molecular formula is C22H24O2S. The molecule has 1 aromatic carbocycles. The standard InChI is InChI=1S/C22H24O2S/c1-15-19(22(2,3)13-12-20(15)24)11-10-17(23)9-8-16-14-25-21-7-5-4-6-18(16)21/h4-11,14,20,24H,12-13H2,1-3H3. The van der Waals surface area contributed by atoms with Crippen LogP contribution in [-0.4, -0.2) is 17.0 Å². The zero-order valence-corrected chi connectivity index (χ0v) is 15.8. The predicted octanol–water partition coefficient (Wildman–Crippen LogP) is 5.54. The van der Waals surface area contributed by atoms with Crippen LogP contribution in [0.25, 0.3) is 16.2 Å². The van der Waals surface area contributed by atoms with Gasteiger partial charge >= 0.3 is 0 Å². The molecule has 0 saturated carbocycles. The summed E-state index contributed by atoms with van der Waals surface area (Å²) < 4.78 is 1.23. The minimum absolute atomic E-state index is 0.00658. The molecule has 3 rings (SSSR count). The summed E-state index contributed by atoms with van der Waals surface area (Å²) in [5, 5.41) is 13.3. The lowest BCUT2D eigenvalue weighted by Gasteiger charge is -2.35. The molecule has 2 aromatic rings. The zero-order valence-electron chi connectivity index (χ0n) is 15.0. The maximum atomic E-state index is 12.3. The van der Waals surface area contributed by atoms with E-state index in [-0.39, 0.29) is 11.2 Å². The predicted molar refractivity (Wildman–Crippen MR) is 107 cm³/mol. The van der Waals surface area contributed by atoms with E-state index in [9.17, 15) is 9.90 Å². The number of carbonyl (C=O) groups is 1. The minimum Gasteiger partial charge on any atom is -0.389 e. The van der Waals surface area contributed by atoms with E-state index in [2.05, 4.69) is 31.4 Å². The van der Waals surface area contributed by atoms with Crippen LogP contribution in [-0.2, 0) is 4.79 Å². The summed E-state index contributed by atoms with van der Waals surface area (Å²) in [5.74, 6) is -0.0357. The fraction of sp³-hybridized carbons (Fsp3) is 0.318. The third kappa shape index (κ3) is 3.83. The average molecular weight is 352 g/mol. The summed E-state index contributed by atoms with van der Waals surface area (Å²) in [6, 6.07) is 8.20. The van der Waals surface area contributed by atoms with E-state index in [1.165, 1.54) is 10.1 Å². The van der Waals surface area contributed by atoms with Gasteiger partial charge in [0.15, 0.2) is 5.78 Å². The zero-order chi connectivity index (χ0) is 18.0. The first-order chi connectivity index (χ1) is 11.9. The normalized spacial score (nSPS) is 20.9. The summed E-state index contributed by atoms with van der Waals surface area (Å²) >= 11 is 1.69. The maximum absolute atomic E-state index is 12.3. The van der Waals surface area contributed by atoms with E-state index in [1.807, 2.05) is 31.2 Å². The van der Waals surface area contributed by atoms with E-state index in [4.69, 9.17) is 0 Å². The van der Waals surface area contributed by atoms with E-state index in [0.29, 0.717) is 0 Å². The highest BCUT2D eigenvalue weighted by molar-refractivity contribution is 7.17. The number of fused-ring (bicyclic) bond motifs is 1. The van der Waals surface area contributed by atoms with Gasteiger partial charge in [-0.2, -0.15) is 0 Å². The van der Waals surface area contributed by atoms with Gasteiger partial charge in [-0.15, -0.1) is 11.3 Å². The third-order valence-electron chi connectivity index (χ3n) is 5.05. The van der Waals surface area contributed by atoms with Gasteiger partial charge in [-0.05, 0) is 77.0 Å². The molecular weight excluding hydrogens is 328 g/mol. The second-order valence-corrected chi connectivity index (χ2v) is 8.20. The Hall–Kier alpha value is -1.97. The summed E-state index contributed by atoms with van der Waals surface area (Å²) in [6.45, 7) is 6.29. The maximum Gasteiger partial charge on any atom is 0.178 e. The summed E-state index contributed by atoms with van der Waals surface area (Å²) in [6.07, 6.45) is 8.32. The van der Waals surface area contributed by atoms with Gasteiger partial charge in [-0.25, -0.2) is 0 Å². The summed E-state index contributed by atoms with van der Waals surface area (Å²) in [4.78, 5) is 12.3. The average Bonchev–Trinajstić information content (AvgIpc) is 3.00. The number of rotatable bonds is 4. The Morgan fingerprint density at radius 1 is 1.24 bits per heavy atom. The van der Waals surface area contributed by atoms with E-state index in [1.54, 1.807) is 23.5 Å². The Labute approximate surface area is 153 Å².